The molecule has 5 nitrogen and oxygen atoms in total. The standard InChI is InChI=1S/C32H33NO4/c1-32(2,3)24-13-15-25(16-14-24)33-28(21-11-17-26(37-4)18-12-21)27(30(35)31(33)36)29(34)23-10-9-20-7-5-6-8-22(20)19-23/h9-19,28,34H,5-8H2,1-4H3/b29-27-. The predicted octanol–water partition coefficient (Wildman–Crippen LogP) is 6.50. The summed E-state index contributed by atoms with van der Waals surface area (Å²) in [5.41, 5.74) is 5.57. The van der Waals surface area contributed by atoms with Gasteiger partial charge in [-0.15, -0.1) is 0 Å². The quantitative estimate of drug-likeness (QED) is 0.255. The van der Waals surface area contributed by atoms with Crippen LogP contribution < -0.4 is 9.64 Å². The van der Waals surface area contributed by atoms with Crippen molar-refractivity contribution in [2.45, 2.75) is 57.9 Å². The Kier molecular flexibility index (Phi) is 6.40. The van der Waals surface area contributed by atoms with E-state index in [1.807, 2.05) is 54.6 Å². The van der Waals surface area contributed by atoms with Crippen LogP contribution in [0.1, 0.15) is 67.5 Å². The fraction of sp³-hybridized carbons (Fsp3) is 0.312. The second kappa shape index (κ2) is 9.55. The van der Waals surface area contributed by atoms with Crippen LogP contribution in [0.4, 0.5) is 5.69 Å². The molecule has 1 amide bonds. The van der Waals surface area contributed by atoms with Crippen molar-refractivity contribution in [1.82, 2.24) is 0 Å². The number of rotatable bonds is 4. The largest absolute Gasteiger partial charge is 0.507 e. The Hall–Kier alpha value is -3.86. The molecule has 1 N–H and O–H groups in total. The van der Waals surface area contributed by atoms with E-state index in [-0.39, 0.29) is 16.7 Å². The third kappa shape index (κ3) is 4.55. The van der Waals surface area contributed by atoms with Gasteiger partial charge in [-0.2, -0.15) is 0 Å². The summed E-state index contributed by atoms with van der Waals surface area (Å²) in [7, 11) is 1.59. The molecule has 3 aromatic rings. The summed E-state index contributed by atoms with van der Waals surface area (Å²) in [5.74, 6) is -0.800. The smallest absolute Gasteiger partial charge is 0.300 e. The van der Waals surface area contributed by atoms with Gasteiger partial charge in [-0.05, 0) is 83.7 Å². The number of ether oxygens (including phenoxy) is 1. The third-order valence-electron chi connectivity index (χ3n) is 7.51. The minimum absolute atomic E-state index is 0.0471. The maximum atomic E-state index is 13.5. The molecule has 0 saturated carbocycles. The Morgan fingerprint density at radius 1 is 0.892 bits per heavy atom. The topological polar surface area (TPSA) is 66.8 Å². The Bertz CT molecular complexity index is 1380. The molecule has 1 atom stereocenters. The Labute approximate surface area is 218 Å². The summed E-state index contributed by atoms with van der Waals surface area (Å²) in [6.07, 6.45) is 4.25. The van der Waals surface area contributed by atoms with Crippen LogP contribution in [0, 0.1) is 0 Å². The van der Waals surface area contributed by atoms with Crippen molar-refractivity contribution in [2.24, 2.45) is 0 Å². The molecule has 2 aliphatic rings. The number of amides is 1. The van der Waals surface area contributed by atoms with E-state index in [4.69, 9.17) is 4.74 Å². The van der Waals surface area contributed by atoms with Crippen LogP contribution in [0.25, 0.3) is 5.76 Å². The Morgan fingerprint density at radius 3 is 2.16 bits per heavy atom. The van der Waals surface area contributed by atoms with E-state index in [1.54, 1.807) is 19.2 Å². The van der Waals surface area contributed by atoms with E-state index >= 15 is 0 Å². The van der Waals surface area contributed by atoms with Gasteiger partial charge in [0.25, 0.3) is 11.7 Å². The lowest BCUT2D eigenvalue weighted by atomic mass is 9.87. The summed E-state index contributed by atoms with van der Waals surface area (Å²) >= 11 is 0. The second-order valence-corrected chi connectivity index (χ2v) is 10.9. The van der Waals surface area contributed by atoms with Crippen molar-refractivity contribution in [1.29, 1.82) is 0 Å². The second-order valence-electron chi connectivity index (χ2n) is 10.9. The molecule has 5 heteroatoms. The van der Waals surface area contributed by atoms with Gasteiger partial charge in [0, 0.05) is 11.3 Å². The van der Waals surface area contributed by atoms with E-state index in [0.29, 0.717) is 17.0 Å². The first-order chi connectivity index (χ1) is 17.7. The van der Waals surface area contributed by atoms with Crippen LogP contribution in [-0.2, 0) is 27.8 Å². The lowest BCUT2D eigenvalue weighted by Gasteiger charge is -2.27. The minimum atomic E-state index is -0.762. The van der Waals surface area contributed by atoms with Gasteiger partial charge in [-0.1, -0.05) is 57.2 Å². The zero-order valence-electron chi connectivity index (χ0n) is 21.9. The van der Waals surface area contributed by atoms with Crippen molar-refractivity contribution < 1.29 is 19.4 Å². The highest BCUT2D eigenvalue weighted by Crippen LogP contribution is 2.43. The molecule has 5 rings (SSSR count). The number of anilines is 1. The molecule has 1 heterocycles. The van der Waals surface area contributed by atoms with Crippen molar-refractivity contribution >= 4 is 23.1 Å². The highest BCUT2D eigenvalue weighted by Gasteiger charge is 2.47. The highest BCUT2D eigenvalue weighted by atomic mass is 16.5. The van der Waals surface area contributed by atoms with Gasteiger partial charge in [-0.3, -0.25) is 14.5 Å². The fourth-order valence-electron chi connectivity index (χ4n) is 5.36. The van der Waals surface area contributed by atoms with Gasteiger partial charge in [-0.25, -0.2) is 0 Å². The van der Waals surface area contributed by atoms with Crippen molar-refractivity contribution in [3.63, 3.8) is 0 Å². The highest BCUT2D eigenvalue weighted by molar-refractivity contribution is 6.51. The predicted molar refractivity (Wildman–Crippen MR) is 146 cm³/mol. The fourth-order valence-corrected chi connectivity index (χ4v) is 5.36. The van der Waals surface area contributed by atoms with Crippen molar-refractivity contribution in [3.05, 3.63) is 100 Å². The van der Waals surface area contributed by atoms with E-state index in [2.05, 4.69) is 20.8 Å². The number of hydrogen-bond donors (Lipinski definition) is 1. The van der Waals surface area contributed by atoms with Crippen LogP contribution >= 0.6 is 0 Å². The van der Waals surface area contributed by atoms with E-state index < -0.39 is 17.7 Å². The molecule has 1 saturated heterocycles. The molecular formula is C32H33NO4. The molecule has 190 valence electrons. The minimum Gasteiger partial charge on any atom is -0.507 e. The first-order valence-electron chi connectivity index (χ1n) is 12.9. The normalized spacial score (nSPS) is 19.1. The van der Waals surface area contributed by atoms with E-state index in [0.717, 1.165) is 36.8 Å². The number of ketones is 1. The molecule has 0 spiro atoms. The number of fused-ring (bicyclic) bond motifs is 1. The molecule has 3 aromatic carbocycles. The summed E-state index contributed by atoms with van der Waals surface area (Å²) in [6, 6.07) is 20.1. The molecule has 0 bridgehead atoms. The van der Waals surface area contributed by atoms with Crippen LogP contribution in [0.3, 0.4) is 0 Å². The zero-order chi connectivity index (χ0) is 26.3. The number of carbonyl (C=O) groups excluding carboxylic acids is 2. The third-order valence-corrected chi connectivity index (χ3v) is 7.51. The SMILES string of the molecule is COc1ccc(C2/C(=C(/O)c3ccc4c(c3)CCCC4)C(=O)C(=O)N2c2ccc(C(C)(C)C)cc2)cc1. The molecule has 1 unspecified atom stereocenters. The van der Waals surface area contributed by atoms with E-state index in [9.17, 15) is 14.7 Å². The first kappa shape index (κ1) is 24.8. The maximum Gasteiger partial charge on any atom is 0.300 e. The number of hydrogen-bond acceptors (Lipinski definition) is 4. The molecular weight excluding hydrogens is 462 g/mol. The van der Waals surface area contributed by atoms with E-state index in [1.165, 1.54) is 16.0 Å². The van der Waals surface area contributed by atoms with Crippen LogP contribution in [0.5, 0.6) is 5.75 Å². The van der Waals surface area contributed by atoms with Crippen molar-refractivity contribution in [2.75, 3.05) is 12.0 Å². The summed E-state index contributed by atoms with van der Waals surface area (Å²) in [4.78, 5) is 28.5. The molecule has 37 heavy (non-hydrogen) atoms. The lowest BCUT2D eigenvalue weighted by molar-refractivity contribution is -0.132. The van der Waals surface area contributed by atoms with Gasteiger partial charge in [0.1, 0.15) is 11.5 Å². The Morgan fingerprint density at radius 2 is 1.54 bits per heavy atom. The number of aryl methyl sites for hydroxylation is 2. The lowest BCUT2D eigenvalue weighted by Crippen LogP contribution is -2.29. The molecule has 1 aliphatic carbocycles. The number of carbonyl (C=O) groups is 2. The summed E-state index contributed by atoms with van der Waals surface area (Å²) in [6.45, 7) is 6.39. The Balaban J connectivity index is 1.65. The number of benzene rings is 3. The monoisotopic (exact) mass is 495 g/mol. The van der Waals surface area contributed by atoms with Gasteiger partial charge in [0.15, 0.2) is 0 Å². The summed E-state index contributed by atoms with van der Waals surface area (Å²) in [5, 5.41) is 11.5. The van der Waals surface area contributed by atoms with Gasteiger partial charge in [0.05, 0.1) is 18.7 Å². The number of nitrogens with zero attached hydrogens (tertiary/aromatic N) is 1. The number of methoxy groups -OCH3 is 1. The van der Waals surface area contributed by atoms with Crippen LogP contribution in [0.15, 0.2) is 72.3 Å². The van der Waals surface area contributed by atoms with Crippen molar-refractivity contribution in [3.8, 4) is 5.75 Å². The average molecular weight is 496 g/mol. The van der Waals surface area contributed by atoms with Crippen LogP contribution in [-0.4, -0.2) is 23.9 Å². The maximum absolute atomic E-state index is 13.5. The first-order valence-corrected chi connectivity index (χ1v) is 12.9. The zero-order valence-corrected chi connectivity index (χ0v) is 21.9. The average Bonchev–Trinajstić information content (AvgIpc) is 3.17. The van der Waals surface area contributed by atoms with Gasteiger partial charge >= 0.3 is 0 Å². The number of Topliss-reactive ketones (excluding diaryl/α,β-unsaturated/α-hetero) is 1. The van der Waals surface area contributed by atoms with Gasteiger partial charge < -0.3 is 9.84 Å². The molecule has 0 radical (unpaired) electrons. The molecule has 0 aromatic heterocycles. The molecule has 1 aliphatic heterocycles. The number of aliphatic hydroxyl groups excluding tert-OH is 1. The molecule has 1 fully saturated rings. The van der Waals surface area contributed by atoms with Gasteiger partial charge in [0.2, 0.25) is 0 Å². The number of aliphatic hydroxyl groups is 1. The summed E-state index contributed by atoms with van der Waals surface area (Å²) < 4.78 is 5.32. The van der Waals surface area contributed by atoms with Crippen LogP contribution in [0.2, 0.25) is 0 Å².